The summed E-state index contributed by atoms with van der Waals surface area (Å²) >= 11 is 0. The van der Waals surface area contributed by atoms with E-state index in [4.69, 9.17) is 9.47 Å². The van der Waals surface area contributed by atoms with Crippen molar-refractivity contribution in [2.45, 2.75) is 294 Å². The molecule has 7 atom stereocenters. The van der Waals surface area contributed by atoms with Gasteiger partial charge in [0.25, 0.3) is 0 Å². The number of ether oxygens (including phenoxy) is 2. The molecule has 1 fully saturated rings. The summed E-state index contributed by atoms with van der Waals surface area (Å²) < 4.78 is 11.3. The molecule has 0 saturated carbocycles. The second-order valence-corrected chi connectivity index (χ2v) is 22.5. The van der Waals surface area contributed by atoms with E-state index in [0.29, 0.717) is 6.42 Å². The average Bonchev–Trinajstić information content (AvgIpc) is 3.70. The molecule has 0 radical (unpaired) electrons. The molecule has 0 aliphatic carbocycles. The summed E-state index contributed by atoms with van der Waals surface area (Å²) in [7, 11) is 0. The Morgan fingerprint density at radius 3 is 1.14 bits per heavy atom. The molecular formula is C75H123NO8. The van der Waals surface area contributed by atoms with E-state index in [1.807, 2.05) is 6.08 Å². The molecule has 1 heterocycles. The first-order chi connectivity index (χ1) is 41.3. The fourth-order valence-electron chi connectivity index (χ4n) is 9.59. The van der Waals surface area contributed by atoms with Gasteiger partial charge in [-0.25, -0.2) is 0 Å². The normalized spacial score (nSPS) is 19.2. The highest BCUT2D eigenvalue weighted by molar-refractivity contribution is 5.76. The fraction of sp³-hybridized carbons (Fsp3) is 0.640. The lowest BCUT2D eigenvalue weighted by Gasteiger charge is -2.40. The summed E-state index contributed by atoms with van der Waals surface area (Å²) in [6.07, 6.45) is 90.4. The van der Waals surface area contributed by atoms with Gasteiger partial charge >= 0.3 is 0 Å². The molecule has 1 aliphatic heterocycles. The van der Waals surface area contributed by atoms with Crippen LogP contribution in [-0.4, -0.2) is 87.5 Å². The fourth-order valence-corrected chi connectivity index (χ4v) is 9.59. The lowest BCUT2D eigenvalue weighted by molar-refractivity contribution is -0.302. The smallest absolute Gasteiger partial charge is 0.220 e. The van der Waals surface area contributed by atoms with E-state index in [1.165, 1.54) is 109 Å². The van der Waals surface area contributed by atoms with Gasteiger partial charge in [-0.3, -0.25) is 4.79 Å². The molecule has 1 rings (SSSR count). The van der Waals surface area contributed by atoms with Crippen LogP contribution in [0.25, 0.3) is 0 Å². The molecule has 0 aromatic heterocycles. The topological polar surface area (TPSA) is 149 Å². The third-order valence-corrected chi connectivity index (χ3v) is 14.8. The van der Waals surface area contributed by atoms with Gasteiger partial charge in [-0.05, 0) is 116 Å². The Morgan fingerprint density at radius 2 is 0.750 bits per heavy atom. The standard InChI is InChI=1S/C75H123NO8/c1-3-5-7-9-11-13-15-17-19-21-23-25-26-27-28-29-30-31-32-33-34-35-36-37-38-39-40-41-42-43-44-45-47-49-51-53-55-57-59-61-63-65-71(79)76-68(67-83-75-74(82)73(81)72(80)70(66-77)84-75)69(78)64-62-60-58-56-54-52-50-48-46-24-22-20-18-16-14-12-10-8-6-4-2/h5,7,11,13,17,19,23,25,27-28,30-31,33-34,36-37,39-40,42-43,45,47,54,56,62,64,68-70,72-75,77-78,80-82H,3-4,6,8-10,12,14-16,18,20-22,24,26,29,32,35,38,41,44,46,48-53,55,57-61,63,65-67H2,1-2H3,(H,76,79)/b7-5-,13-11-,19-17-,25-23-,28-27-,31-30-,34-33-,37-36-,40-39-,43-42-,47-45-,56-54+,64-62+. The number of carbonyl (C=O) groups excluding carboxylic acids is 1. The van der Waals surface area contributed by atoms with Gasteiger partial charge in [-0.1, -0.05) is 287 Å². The molecule has 0 spiro atoms. The Labute approximate surface area is 514 Å². The van der Waals surface area contributed by atoms with Crippen molar-refractivity contribution in [2.24, 2.45) is 0 Å². The SMILES string of the molecule is CC/C=C\C/C=C\C/C=C\C/C=C\C/C=C\C/C=C\C/C=C\C/C=C\C/C=C\C/C=C\C/C=C\CCCCCCCCCC(=O)NC(COC1OC(CO)C(O)C(O)C1O)C(O)/C=C/CC/C=C/CCCCCCCCCCCCCCCC. The first kappa shape index (κ1) is 77.8. The van der Waals surface area contributed by atoms with Crippen molar-refractivity contribution >= 4 is 5.91 Å². The van der Waals surface area contributed by atoms with Gasteiger partial charge in [-0.15, -0.1) is 0 Å². The number of allylic oxidation sites excluding steroid dienone is 25. The molecule has 9 nitrogen and oxygen atoms in total. The first-order valence-electron chi connectivity index (χ1n) is 33.7. The summed E-state index contributed by atoms with van der Waals surface area (Å²) in [5.74, 6) is -0.203. The monoisotopic (exact) mass is 1170 g/mol. The second-order valence-electron chi connectivity index (χ2n) is 22.5. The number of carbonyl (C=O) groups is 1. The van der Waals surface area contributed by atoms with E-state index in [9.17, 15) is 30.3 Å². The number of aliphatic hydroxyl groups is 5. The zero-order valence-corrected chi connectivity index (χ0v) is 53.1. The van der Waals surface area contributed by atoms with Crippen LogP contribution in [0.2, 0.25) is 0 Å². The number of unbranched alkanes of at least 4 members (excludes halogenated alkanes) is 22. The first-order valence-corrected chi connectivity index (χ1v) is 33.7. The number of aliphatic hydroxyl groups excluding tert-OH is 5. The van der Waals surface area contributed by atoms with E-state index in [2.05, 4.69) is 165 Å². The van der Waals surface area contributed by atoms with Crippen LogP contribution in [-0.2, 0) is 14.3 Å². The van der Waals surface area contributed by atoms with Gasteiger partial charge in [0.1, 0.15) is 24.4 Å². The summed E-state index contributed by atoms with van der Waals surface area (Å²) in [6.45, 7) is 3.64. The Kier molecular flexibility index (Phi) is 57.3. The van der Waals surface area contributed by atoms with Crippen LogP contribution < -0.4 is 5.32 Å². The molecule has 84 heavy (non-hydrogen) atoms. The Balaban J connectivity index is 2.19. The molecule has 9 heteroatoms. The van der Waals surface area contributed by atoms with Gasteiger partial charge in [0.05, 0.1) is 25.4 Å². The van der Waals surface area contributed by atoms with E-state index >= 15 is 0 Å². The number of rotatable bonds is 56. The van der Waals surface area contributed by atoms with Crippen LogP contribution in [0.1, 0.15) is 251 Å². The van der Waals surface area contributed by atoms with Crippen LogP contribution in [0.5, 0.6) is 0 Å². The minimum absolute atomic E-state index is 0.203. The Hall–Kier alpha value is -4.19. The van der Waals surface area contributed by atoms with Gasteiger partial charge in [0.2, 0.25) is 5.91 Å². The van der Waals surface area contributed by atoms with Crippen molar-refractivity contribution in [3.8, 4) is 0 Å². The number of amides is 1. The molecule has 6 N–H and O–H groups in total. The molecule has 1 aliphatic rings. The third-order valence-electron chi connectivity index (χ3n) is 14.8. The lowest BCUT2D eigenvalue weighted by atomic mass is 9.99. The highest BCUT2D eigenvalue weighted by Crippen LogP contribution is 2.23. The van der Waals surface area contributed by atoms with Crippen LogP contribution in [0.3, 0.4) is 0 Å². The van der Waals surface area contributed by atoms with Crippen molar-refractivity contribution in [1.29, 1.82) is 0 Å². The van der Waals surface area contributed by atoms with Crippen molar-refractivity contribution in [3.63, 3.8) is 0 Å². The van der Waals surface area contributed by atoms with Crippen LogP contribution in [0.15, 0.2) is 158 Å². The number of hydrogen-bond donors (Lipinski definition) is 6. The molecular weight excluding hydrogens is 1040 g/mol. The van der Waals surface area contributed by atoms with Gasteiger partial charge in [0.15, 0.2) is 6.29 Å². The summed E-state index contributed by atoms with van der Waals surface area (Å²) in [5, 5.41) is 54.6. The minimum atomic E-state index is -1.58. The van der Waals surface area contributed by atoms with E-state index in [0.717, 1.165) is 122 Å². The van der Waals surface area contributed by atoms with Crippen molar-refractivity contribution in [3.05, 3.63) is 158 Å². The average molecular weight is 1170 g/mol. The second kappa shape index (κ2) is 61.9. The summed E-state index contributed by atoms with van der Waals surface area (Å²) in [5.41, 5.74) is 0. The Morgan fingerprint density at radius 1 is 0.417 bits per heavy atom. The van der Waals surface area contributed by atoms with Gasteiger partial charge in [0, 0.05) is 6.42 Å². The third kappa shape index (κ3) is 50.0. The predicted octanol–water partition coefficient (Wildman–Crippen LogP) is 18.4. The van der Waals surface area contributed by atoms with E-state index in [-0.39, 0.29) is 12.5 Å². The molecule has 476 valence electrons. The van der Waals surface area contributed by atoms with Crippen LogP contribution in [0, 0.1) is 0 Å². The number of nitrogens with one attached hydrogen (secondary N) is 1. The zero-order chi connectivity index (χ0) is 60.7. The largest absolute Gasteiger partial charge is 0.394 e. The molecule has 7 unspecified atom stereocenters. The Bertz CT molecular complexity index is 1880. The lowest BCUT2D eigenvalue weighted by Crippen LogP contribution is -2.60. The van der Waals surface area contributed by atoms with Gasteiger partial charge < -0.3 is 40.3 Å². The van der Waals surface area contributed by atoms with Crippen molar-refractivity contribution in [1.82, 2.24) is 5.32 Å². The van der Waals surface area contributed by atoms with Crippen LogP contribution in [0.4, 0.5) is 0 Å². The molecule has 0 aromatic rings. The minimum Gasteiger partial charge on any atom is -0.394 e. The quantitative estimate of drug-likeness (QED) is 0.0261. The summed E-state index contributed by atoms with van der Waals surface area (Å²) in [6, 6.07) is -0.840. The zero-order valence-electron chi connectivity index (χ0n) is 53.1. The van der Waals surface area contributed by atoms with E-state index in [1.54, 1.807) is 6.08 Å². The maximum atomic E-state index is 13.1. The van der Waals surface area contributed by atoms with Crippen molar-refractivity contribution < 1.29 is 39.8 Å². The van der Waals surface area contributed by atoms with E-state index < -0.39 is 49.5 Å². The van der Waals surface area contributed by atoms with Crippen molar-refractivity contribution in [2.75, 3.05) is 13.2 Å². The molecule has 0 aromatic carbocycles. The van der Waals surface area contributed by atoms with Gasteiger partial charge in [-0.2, -0.15) is 0 Å². The molecule has 1 amide bonds. The molecule has 0 bridgehead atoms. The van der Waals surface area contributed by atoms with Crippen LogP contribution >= 0.6 is 0 Å². The highest BCUT2D eigenvalue weighted by atomic mass is 16.7. The summed E-state index contributed by atoms with van der Waals surface area (Å²) in [4.78, 5) is 13.1. The molecule has 1 saturated heterocycles. The predicted molar refractivity (Wildman–Crippen MR) is 359 cm³/mol. The highest BCUT2D eigenvalue weighted by Gasteiger charge is 2.44. The number of hydrogen-bond acceptors (Lipinski definition) is 8. The maximum Gasteiger partial charge on any atom is 0.220 e. The maximum absolute atomic E-state index is 13.1.